The van der Waals surface area contributed by atoms with Crippen molar-refractivity contribution in [1.82, 2.24) is 10.3 Å². The van der Waals surface area contributed by atoms with E-state index < -0.39 is 15.9 Å². The lowest BCUT2D eigenvalue weighted by atomic mass is 10.1. The first-order valence-corrected chi connectivity index (χ1v) is 12.3. The quantitative estimate of drug-likeness (QED) is 0.730. The number of rotatable bonds is 2. The van der Waals surface area contributed by atoms with Gasteiger partial charge in [-0.3, -0.25) is 14.6 Å². The van der Waals surface area contributed by atoms with Crippen LogP contribution in [0.3, 0.4) is 0 Å². The number of amidine groups is 1. The van der Waals surface area contributed by atoms with Crippen molar-refractivity contribution in [2.24, 2.45) is 10.1 Å². The van der Waals surface area contributed by atoms with E-state index in [1.54, 1.807) is 11.8 Å². The van der Waals surface area contributed by atoms with Crippen molar-refractivity contribution in [3.05, 3.63) is 0 Å². The largest absolute Gasteiger partial charge is 0.300 e. The Balaban J connectivity index is 1.43. The second-order valence-corrected chi connectivity index (χ2v) is 11.0. The number of sulfone groups is 1. The minimum atomic E-state index is -3.13. The molecule has 0 bridgehead atoms. The van der Waals surface area contributed by atoms with Crippen LogP contribution in [0.2, 0.25) is 0 Å². The highest BCUT2D eigenvalue weighted by molar-refractivity contribution is 8.14. The molecule has 1 saturated carbocycles. The molecule has 2 amide bonds. The lowest BCUT2D eigenvalue weighted by molar-refractivity contribution is -0.133. The summed E-state index contributed by atoms with van der Waals surface area (Å²) in [5, 5.41) is 9.38. The monoisotopic (exact) mass is 412 g/mol. The Morgan fingerprint density at radius 3 is 2.74 bits per heavy atom. The van der Waals surface area contributed by atoms with E-state index in [0.29, 0.717) is 16.8 Å². The average Bonchev–Trinajstić information content (AvgIpc) is 3.10. The Labute approximate surface area is 163 Å². The topological polar surface area (TPSA) is 108 Å². The van der Waals surface area contributed by atoms with Crippen molar-refractivity contribution in [2.45, 2.75) is 68.7 Å². The molecule has 4 rings (SSSR count). The Hall–Kier alpha value is -1.42. The maximum absolute atomic E-state index is 12.6. The normalized spacial score (nSPS) is 33.1. The molecule has 0 aromatic heterocycles. The van der Waals surface area contributed by atoms with Crippen LogP contribution < -0.4 is 5.32 Å². The number of hydrazone groups is 1. The summed E-state index contributed by atoms with van der Waals surface area (Å²) in [6, 6.07) is -0.182. The number of nitrogens with one attached hydrogen (secondary N) is 1. The third-order valence-corrected chi connectivity index (χ3v) is 8.59. The smallest absolute Gasteiger partial charge is 0.273 e. The highest BCUT2D eigenvalue weighted by Gasteiger charge is 2.38. The molecule has 2 fully saturated rings. The van der Waals surface area contributed by atoms with Gasteiger partial charge in [0.05, 0.1) is 23.6 Å². The molecule has 3 unspecified atom stereocenters. The number of fused-ring (bicyclic) bond motifs is 1. The van der Waals surface area contributed by atoms with Crippen LogP contribution in [-0.2, 0) is 19.4 Å². The summed E-state index contributed by atoms with van der Waals surface area (Å²) in [7, 11) is -3.13. The van der Waals surface area contributed by atoms with E-state index in [4.69, 9.17) is 0 Å². The number of carbonyl (C=O) groups is 2. The molecule has 3 heterocycles. The standard InChI is InChI=1S/C17H24N4O4S2/c22-15-7-6-13(20-21(15)11-8-9-27(24,25)10-11)16(23)19-17-18-12-4-2-1-3-5-14(12)26-17/h11-12,14H,1-10H2,(H,18,19,23). The van der Waals surface area contributed by atoms with Gasteiger partial charge in [0, 0.05) is 18.1 Å². The van der Waals surface area contributed by atoms with Gasteiger partial charge in [0.25, 0.3) is 5.91 Å². The van der Waals surface area contributed by atoms with E-state index in [1.165, 1.54) is 24.3 Å². The van der Waals surface area contributed by atoms with E-state index in [2.05, 4.69) is 15.4 Å². The van der Waals surface area contributed by atoms with Gasteiger partial charge in [-0.2, -0.15) is 5.10 Å². The van der Waals surface area contributed by atoms with Crippen LogP contribution in [0.15, 0.2) is 10.1 Å². The summed E-state index contributed by atoms with van der Waals surface area (Å²) in [4.78, 5) is 29.5. The molecule has 1 N–H and O–H groups in total. The first kappa shape index (κ1) is 18.9. The fourth-order valence-electron chi connectivity index (χ4n) is 4.08. The third kappa shape index (κ3) is 4.21. The molecule has 1 saturated heterocycles. The number of hydrogen-bond acceptors (Lipinski definition) is 7. The van der Waals surface area contributed by atoms with E-state index in [-0.39, 0.29) is 47.9 Å². The van der Waals surface area contributed by atoms with Gasteiger partial charge in [0.1, 0.15) is 5.71 Å². The molecule has 3 aliphatic heterocycles. The van der Waals surface area contributed by atoms with E-state index in [1.807, 2.05) is 0 Å². The molecule has 0 radical (unpaired) electrons. The summed E-state index contributed by atoms with van der Waals surface area (Å²) < 4.78 is 23.4. The SMILES string of the molecule is O=C(NC1=NC2CCCCCC2S1)C1=NN(C2CCS(=O)(=O)C2)C(=O)CC1. The Morgan fingerprint density at radius 1 is 1.15 bits per heavy atom. The zero-order valence-corrected chi connectivity index (χ0v) is 16.7. The van der Waals surface area contributed by atoms with Crippen molar-refractivity contribution in [3.8, 4) is 0 Å². The van der Waals surface area contributed by atoms with Crippen molar-refractivity contribution in [3.63, 3.8) is 0 Å². The van der Waals surface area contributed by atoms with Gasteiger partial charge in [-0.1, -0.05) is 31.0 Å². The predicted molar refractivity (Wildman–Crippen MR) is 104 cm³/mol. The molecule has 4 aliphatic rings. The van der Waals surface area contributed by atoms with E-state index in [0.717, 1.165) is 12.8 Å². The predicted octanol–water partition coefficient (Wildman–Crippen LogP) is 1.07. The highest BCUT2D eigenvalue weighted by Crippen LogP contribution is 2.35. The summed E-state index contributed by atoms with van der Waals surface area (Å²) in [6.07, 6.45) is 6.65. The molecule has 27 heavy (non-hydrogen) atoms. The van der Waals surface area contributed by atoms with Crippen LogP contribution in [0, 0.1) is 0 Å². The fourth-order valence-corrected chi connectivity index (χ4v) is 7.05. The van der Waals surface area contributed by atoms with Gasteiger partial charge < -0.3 is 5.32 Å². The van der Waals surface area contributed by atoms with E-state index >= 15 is 0 Å². The van der Waals surface area contributed by atoms with Crippen LogP contribution in [0.25, 0.3) is 0 Å². The molecule has 148 valence electrons. The molecule has 1 aliphatic carbocycles. The van der Waals surface area contributed by atoms with Gasteiger partial charge in [0.2, 0.25) is 5.91 Å². The number of nitrogens with zero attached hydrogens (tertiary/aromatic N) is 3. The van der Waals surface area contributed by atoms with Gasteiger partial charge >= 0.3 is 0 Å². The summed E-state index contributed by atoms with van der Waals surface area (Å²) >= 11 is 1.63. The first-order valence-electron chi connectivity index (χ1n) is 9.57. The molecular formula is C17H24N4O4S2. The molecular weight excluding hydrogens is 388 g/mol. The van der Waals surface area contributed by atoms with Gasteiger partial charge in [-0.25, -0.2) is 13.4 Å². The molecule has 3 atom stereocenters. The minimum Gasteiger partial charge on any atom is -0.300 e. The zero-order chi connectivity index (χ0) is 19.0. The number of thioether (sulfide) groups is 1. The average molecular weight is 413 g/mol. The summed E-state index contributed by atoms with van der Waals surface area (Å²) in [5.41, 5.74) is 0.272. The van der Waals surface area contributed by atoms with Crippen LogP contribution in [-0.4, -0.2) is 65.0 Å². The maximum Gasteiger partial charge on any atom is 0.273 e. The maximum atomic E-state index is 12.6. The van der Waals surface area contributed by atoms with Gasteiger partial charge in [0.15, 0.2) is 15.0 Å². The second-order valence-electron chi connectivity index (χ2n) is 7.59. The van der Waals surface area contributed by atoms with Crippen LogP contribution in [0.4, 0.5) is 0 Å². The fraction of sp³-hybridized carbons (Fsp3) is 0.765. The van der Waals surface area contributed by atoms with Gasteiger partial charge in [-0.05, 0) is 19.3 Å². The molecule has 10 heteroatoms. The Kier molecular flexibility index (Phi) is 5.28. The van der Waals surface area contributed by atoms with Gasteiger partial charge in [-0.15, -0.1) is 0 Å². The summed E-state index contributed by atoms with van der Waals surface area (Å²) in [6.45, 7) is 0. The highest BCUT2D eigenvalue weighted by atomic mass is 32.2. The lowest BCUT2D eigenvalue weighted by Gasteiger charge is -2.27. The molecule has 8 nitrogen and oxygen atoms in total. The number of hydrogen-bond donors (Lipinski definition) is 1. The van der Waals surface area contributed by atoms with Crippen LogP contribution in [0.1, 0.15) is 51.4 Å². The van der Waals surface area contributed by atoms with Crippen molar-refractivity contribution in [1.29, 1.82) is 0 Å². The summed E-state index contributed by atoms with van der Waals surface area (Å²) in [5.74, 6) is -0.572. The van der Waals surface area contributed by atoms with Crippen molar-refractivity contribution in [2.75, 3.05) is 11.5 Å². The first-order chi connectivity index (χ1) is 12.9. The Bertz CT molecular complexity index is 808. The zero-order valence-electron chi connectivity index (χ0n) is 15.1. The third-order valence-electron chi connectivity index (χ3n) is 5.56. The number of carbonyl (C=O) groups excluding carboxylic acids is 2. The second kappa shape index (κ2) is 7.54. The lowest BCUT2D eigenvalue weighted by Crippen LogP contribution is -2.44. The number of aliphatic imine (C=N–C) groups is 1. The van der Waals surface area contributed by atoms with Crippen LogP contribution in [0.5, 0.6) is 0 Å². The molecule has 0 aromatic carbocycles. The number of amides is 2. The minimum absolute atomic E-state index is 0.0642. The Morgan fingerprint density at radius 2 is 1.96 bits per heavy atom. The molecule has 0 aromatic rings. The van der Waals surface area contributed by atoms with Crippen LogP contribution >= 0.6 is 11.8 Å². The van der Waals surface area contributed by atoms with Crippen molar-refractivity contribution >= 4 is 44.3 Å². The van der Waals surface area contributed by atoms with E-state index in [9.17, 15) is 18.0 Å². The molecule has 0 spiro atoms. The van der Waals surface area contributed by atoms with Crippen molar-refractivity contribution < 1.29 is 18.0 Å².